The van der Waals surface area contributed by atoms with Crippen LogP contribution in [0.4, 0.5) is 13.2 Å². The van der Waals surface area contributed by atoms with Crippen molar-refractivity contribution in [2.24, 2.45) is 0 Å². The predicted molar refractivity (Wildman–Crippen MR) is 56.9 cm³/mol. The fourth-order valence-corrected chi connectivity index (χ4v) is 1.27. The van der Waals surface area contributed by atoms with Gasteiger partial charge in [-0.05, 0) is 13.0 Å². The number of hydrogen-bond donors (Lipinski definition) is 2. The summed E-state index contributed by atoms with van der Waals surface area (Å²) in [5, 5.41) is 11.0. The third kappa shape index (κ3) is 2.95. The van der Waals surface area contributed by atoms with Gasteiger partial charge >= 0.3 is 5.97 Å². The summed E-state index contributed by atoms with van der Waals surface area (Å²) in [6.07, 6.45) is 0. The Morgan fingerprint density at radius 2 is 1.89 bits per heavy atom. The van der Waals surface area contributed by atoms with Crippen molar-refractivity contribution in [3.8, 4) is 5.75 Å². The van der Waals surface area contributed by atoms with Crippen LogP contribution in [0.3, 0.4) is 0 Å². The van der Waals surface area contributed by atoms with E-state index in [9.17, 15) is 22.8 Å². The van der Waals surface area contributed by atoms with Crippen molar-refractivity contribution in [3.63, 3.8) is 0 Å². The second kappa shape index (κ2) is 5.59. The molecule has 0 saturated carbocycles. The predicted octanol–water partition coefficient (Wildman–Crippen LogP) is 1.10. The van der Waals surface area contributed by atoms with Gasteiger partial charge in [-0.15, -0.1) is 0 Å². The lowest BCUT2D eigenvalue weighted by Gasteiger charge is -2.12. The molecule has 0 aromatic heterocycles. The van der Waals surface area contributed by atoms with Gasteiger partial charge in [-0.3, -0.25) is 4.79 Å². The second-order valence-electron chi connectivity index (χ2n) is 3.60. The van der Waals surface area contributed by atoms with Crippen LogP contribution in [0.15, 0.2) is 6.07 Å². The van der Waals surface area contributed by atoms with Crippen molar-refractivity contribution in [3.05, 3.63) is 29.1 Å². The van der Waals surface area contributed by atoms with Gasteiger partial charge in [0.25, 0.3) is 5.91 Å². The quantitative estimate of drug-likeness (QED) is 0.641. The highest BCUT2D eigenvalue weighted by Crippen LogP contribution is 2.25. The van der Waals surface area contributed by atoms with Crippen LogP contribution in [0.1, 0.15) is 17.3 Å². The van der Waals surface area contributed by atoms with Crippen molar-refractivity contribution in [2.75, 3.05) is 7.11 Å². The molecule has 104 valence electrons. The Morgan fingerprint density at radius 3 is 2.42 bits per heavy atom. The molecular weight excluding hydrogens is 267 g/mol. The maximum atomic E-state index is 13.4. The Morgan fingerprint density at radius 1 is 1.32 bits per heavy atom. The molecule has 1 atom stereocenters. The summed E-state index contributed by atoms with van der Waals surface area (Å²) in [6, 6.07) is -0.837. The molecule has 8 heteroatoms. The number of methoxy groups -OCH3 is 1. The Labute approximate surface area is 106 Å². The lowest BCUT2D eigenvalue weighted by Crippen LogP contribution is -2.39. The molecule has 0 heterocycles. The molecule has 0 radical (unpaired) electrons. The van der Waals surface area contributed by atoms with E-state index in [0.717, 1.165) is 7.11 Å². The average molecular weight is 277 g/mol. The summed E-state index contributed by atoms with van der Waals surface area (Å²) >= 11 is 0. The molecule has 5 nitrogen and oxygen atoms in total. The number of hydrogen-bond acceptors (Lipinski definition) is 4. The van der Waals surface area contributed by atoms with Crippen molar-refractivity contribution in [1.29, 1.82) is 0 Å². The van der Waals surface area contributed by atoms with Gasteiger partial charge < -0.3 is 15.2 Å². The van der Waals surface area contributed by atoms with Crippen molar-refractivity contribution in [1.82, 2.24) is 5.32 Å². The lowest BCUT2D eigenvalue weighted by molar-refractivity contribution is -0.142. The van der Waals surface area contributed by atoms with Crippen molar-refractivity contribution < 1.29 is 32.6 Å². The summed E-state index contributed by atoms with van der Waals surface area (Å²) in [6.45, 7) is 1.25. The zero-order valence-electron chi connectivity index (χ0n) is 9.96. The van der Waals surface area contributed by atoms with Crippen LogP contribution in [-0.4, -0.2) is 30.1 Å². The Hall–Kier alpha value is -2.25. The molecule has 0 aliphatic carbocycles. The molecule has 2 N–H and O–H groups in total. The van der Waals surface area contributed by atoms with E-state index in [2.05, 4.69) is 4.74 Å². The molecule has 0 fully saturated rings. The molecule has 1 amide bonds. The largest absolute Gasteiger partial charge is 0.503 e. The molecular formula is C11H10F3NO4. The zero-order valence-corrected chi connectivity index (χ0v) is 9.96. The number of amides is 1. The maximum Gasteiger partial charge on any atom is 0.328 e. The number of esters is 1. The molecule has 0 aliphatic rings. The highest BCUT2D eigenvalue weighted by molar-refractivity contribution is 5.97. The zero-order chi connectivity index (χ0) is 14.7. The van der Waals surface area contributed by atoms with E-state index in [1.807, 2.05) is 5.32 Å². The number of carbonyl (C=O) groups is 2. The van der Waals surface area contributed by atoms with E-state index in [-0.39, 0.29) is 6.07 Å². The number of halogens is 3. The minimum absolute atomic E-state index is 0.281. The van der Waals surface area contributed by atoms with E-state index < -0.39 is 46.7 Å². The molecule has 0 saturated heterocycles. The first-order valence-electron chi connectivity index (χ1n) is 5.04. The van der Waals surface area contributed by atoms with Gasteiger partial charge in [0.05, 0.1) is 12.7 Å². The molecule has 19 heavy (non-hydrogen) atoms. The Kier molecular flexibility index (Phi) is 4.36. The third-order valence-corrected chi connectivity index (χ3v) is 2.28. The summed E-state index contributed by atoms with van der Waals surface area (Å²) < 4.78 is 43.5. The Balaban J connectivity index is 3.05. The van der Waals surface area contributed by atoms with Gasteiger partial charge in [-0.25, -0.2) is 13.6 Å². The number of benzene rings is 1. The second-order valence-corrected chi connectivity index (χ2v) is 3.60. The summed E-state index contributed by atoms with van der Waals surface area (Å²) in [4.78, 5) is 22.6. The van der Waals surface area contributed by atoms with Gasteiger partial charge in [0.1, 0.15) is 6.04 Å². The molecule has 1 aromatic rings. The normalized spacial score (nSPS) is 11.8. The fraction of sp³-hybridized carbons (Fsp3) is 0.273. The van der Waals surface area contributed by atoms with E-state index in [0.29, 0.717) is 0 Å². The SMILES string of the molecule is COC(=O)C(C)NC(=O)c1cc(F)c(F)c(O)c1F. The molecule has 0 bridgehead atoms. The van der Waals surface area contributed by atoms with Crippen LogP contribution in [0.25, 0.3) is 0 Å². The molecule has 1 rings (SSSR count). The van der Waals surface area contributed by atoms with Gasteiger partial charge in [-0.1, -0.05) is 0 Å². The molecule has 1 unspecified atom stereocenters. The summed E-state index contributed by atoms with van der Waals surface area (Å²) in [5.41, 5.74) is -0.924. The minimum Gasteiger partial charge on any atom is -0.503 e. The number of nitrogens with one attached hydrogen (secondary N) is 1. The first-order chi connectivity index (χ1) is 8.79. The topological polar surface area (TPSA) is 75.6 Å². The van der Waals surface area contributed by atoms with Crippen molar-refractivity contribution in [2.45, 2.75) is 13.0 Å². The number of phenolic OH excluding ortho intramolecular Hbond substituents is 1. The highest BCUT2D eigenvalue weighted by atomic mass is 19.2. The molecule has 1 aromatic carbocycles. The van der Waals surface area contributed by atoms with Gasteiger partial charge in [0.2, 0.25) is 5.82 Å². The summed E-state index contributed by atoms with van der Waals surface area (Å²) in [7, 11) is 1.08. The monoisotopic (exact) mass is 277 g/mol. The standard InChI is InChI=1S/C11H10F3NO4/c1-4(11(18)19-2)15-10(17)5-3-6(12)8(14)9(16)7(5)13/h3-4,16H,1-2H3,(H,15,17). The van der Waals surface area contributed by atoms with Crippen LogP contribution in [0.2, 0.25) is 0 Å². The number of rotatable bonds is 3. The van der Waals surface area contributed by atoms with Crippen LogP contribution >= 0.6 is 0 Å². The first kappa shape index (κ1) is 14.8. The van der Waals surface area contributed by atoms with Gasteiger partial charge in [-0.2, -0.15) is 4.39 Å². The number of carbonyl (C=O) groups excluding carboxylic acids is 2. The Bertz CT molecular complexity index is 533. The van der Waals surface area contributed by atoms with Crippen LogP contribution < -0.4 is 5.32 Å². The fourth-order valence-electron chi connectivity index (χ4n) is 1.27. The van der Waals surface area contributed by atoms with Gasteiger partial charge in [0.15, 0.2) is 17.4 Å². The maximum absolute atomic E-state index is 13.4. The van der Waals surface area contributed by atoms with E-state index in [1.54, 1.807) is 0 Å². The third-order valence-electron chi connectivity index (χ3n) is 2.28. The number of ether oxygens (including phenoxy) is 1. The van der Waals surface area contributed by atoms with E-state index in [1.165, 1.54) is 6.92 Å². The number of aromatic hydroxyl groups is 1. The van der Waals surface area contributed by atoms with Gasteiger partial charge in [0, 0.05) is 0 Å². The molecule has 0 spiro atoms. The minimum atomic E-state index is -1.80. The summed E-state index contributed by atoms with van der Waals surface area (Å²) in [5.74, 6) is -8.60. The van der Waals surface area contributed by atoms with E-state index in [4.69, 9.17) is 5.11 Å². The highest BCUT2D eigenvalue weighted by Gasteiger charge is 2.24. The van der Waals surface area contributed by atoms with Crippen LogP contribution in [0, 0.1) is 17.5 Å². The molecule has 0 aliphatic heterocycles. The smallest absolute Gasteiger partial charge is 0.328 e. The van der Waals surface area contributed by atoms with Crippen molar-refractivity contribution >= 4 is 11.9 Å². The van der Waals surface area contributed by atoms with Crippen LogP contribution in [-0.2, 0) is 9.53 Å². The van der Waals surface area contributed by atoms with Crippen LogP contribution in [0.5, 0.6) is 5.75 Å². The van der Waals surface area contributed by atoms with E-state index >= 15 is 0 Å². The average Bonchev–Trinajstić information content (AvgIpc) is 2.39. The first-order valence-corrected chi connectivity index (χ1v) is 5.04. The number of phenols is 1. The lowest BCUT2D eigenvalue weighted by atomic mass is 10.1.